The number of aliphatic hydroxyl groups is 1. The molecule has 2 aromatic carbocycles. The number of amides is 1. The van der Waals surface area contributed by atoms with Crippen LogP contribution in [0.1, 0.15) is 28.1 Å². The largest absolute Gasteiger partial charge is 0.497 e. The van der Waals surface area contributed by atoms with Gasteiger partial charge in [-0.1, -0.05) is 12.1 Å². The lowest BCUT2D eigenvalue weighted by atomic mass is 9.85. The van der Waals surface area contributed by atoms with E-state index in [-0.39, 0.29) is 11.7 Å². The molecular formula is C23H23FN2O3S. The minimum Gasteiger partial charge on any atom is -0.497 e. The second-order valence-electron chi connectivity index (χ2n) is 7.58. The lowest BCUT2D eigenvalue weighted by Crippen LogP contribution is -2.47. The van der Waals surface area contributed by atoms with Gasteiger partial charge in [0.25, 0.3) is 5.91 Å². The standard InChI is InChI=1S/C23H23FN2O3S/c1-29-19-7-5-17(6-8-19)21-25-15-20(30-21)22(27)26-11-9-23(28,10-12-26)14-16-3-2-4-18(24)13-16/h2-8,13,15,28H,9-12,14H2,1H3. The number of hydrogen-bond donors (Lipinski definition) is 1. The van der Waals surface area contributed by atoms with Crippen LogP contribution in [-0.2, 0) is 6.42 Å². The van der Waals surface area contributed by atoms with Crippen LogP contribution in [-0.4, -0.2) is 46.7 Å². The molecule has 0 aliphatic carbocycles. The van der Waals surface area contributed by atoms with E-state index in [4.69, 9.17) is 4.74 Å². The predicted octanol–water partition coefficient (Wildman–Crippen LogP) is 4.17. The van der Waals surface area contributed by atoms with Crippen LogP contribution in [0.3, 0.4) is 0 Å². The van der Waals surface area contributed by atoms with Crippen molar-refractivity contribution in [2.75, 3.05) is 20.2 Å². The number of likely N-dealkylation sites (tertiary alicyclic amines) is 1. The molecule has 1 aliphatic rings. The van der Waals surface area contributed by atoms with E-state index in [9.17, 15) is 14.3 Å². The molecule has 0 atom stereocenters. The molecule has 1 amide bonds. The monoisotopic (exact) mass is 426 g/mol. The predicted molar refractivity (Wildman–Crippen MR) is 114 cm³/mol. The average Bonchev–Trinajstić information content (AvgIpc) is 3.24. The zero-order valence-electron chi connectivity index (χ0n) is 16.7. The number of aromatic nitrogens is 1. The summed E-state index contributed by atoms with van der Waals surface area (Å²) in [5.74, 6) is 0.396. The molecule has 156 valence electrons. The molecule has 3 aromatic rings. The molecule has 0 radical (unpaired) electrons. The fraction of sp³-hybridized carbons (Fsp3) is 0.304. The Morgan fingerprint density at radius 2 is 1.97 bits per heavy atom. The van der Waals surface area contributed by atoms with E-state index in [0.29, 0.717) is 37.2 Å². The summed E-state index contributed by atoms with van der Waals surface area (Å²) in [6.45, 7) is 0.917. The van der Waals surface area contributed by atoms with Gasteiger partial charge < -0.3 is 14.7 Å². The third-order valence-corrected chi connectivity index (χ3v) is 6.49. The van der Waals surface area contributed by atoms with Gasteiger partial charge in [0, 0.05) is 25.1 Å². The number of thiazole rings is 1. The number of nitrogens with zero attached hydrogens (tertiary/aromatic N) is 2. The van der Waals surface area contributed by atoms with Crippen molar-refractivity contribution in [1.82, 2.24) is 9.88 Å². The zero-order chi connectivity index (χ0) is 21.1. The summed E-state index contributed by atoms with van der Waals surface area (Å²) in [6.07, 6.45) is 2.91. The fourth-order valence-corrected chi connectivity index (χ4v) is 4.62. The third-order valence-electron chi connectivity index (χ3n) is 5.46. The van der Waals surface area contributed by atoms with Gasteiger partial charge in [0.1, 0.15) is 21.5 Å². The van der Waals surface area contributed by atoms with Gasteiger partial charge in [-0.3, -0.25) is 4.79 Å². The van der Waals surface area contributed by atoms with Crippen molar-refractivity contribution in [2.45, 2.75) is 24.9 Å². The first-order valence-electron chi connectivity index (χ1n) is 9.82. The highest BCUT2D eigenvalue weighted by Gasteiger charge is 2.34. The number of rotatable bonds is 5. The number of benzene rings is 2. The van der Waals surface area contributed by atoms with E-state index in [0.717, 1.165) is 21.9 Å². The summed E-state index contributed by atoms with van der Waals surface area (Å²) in [7, 11) is 1.62. The molecular weight excluding hydrogens is 403 g/mol. The van der Waals surface area contributed by atoms with Crippen LogP contribution in [0.4, 0.5) is 4.39 Å². The number of hydrogen-bond acceptors (Lipinski definition) is 5. The fourth-order valence-electron chi connectivity index (χ4n) is 3.73. The topological polar surface area (TPSA) is 62.7 Å². The molecule has 0 saturated carbocycles. The van der Waals surface area contributed by atoms with Crippen LogP contribution in [0, 0.1) is 5.82 Å². The molecule has 1 fully saturated rings. The minimum atomic E-state index is -0.924. The van der Waals surface area contributed by atoms with E-state index in [1.807, 2.05) is 30.3 Å². The molecule has 5 nitrogen and oxygen atoms in total. The van der Waals surface area contributed by atoms with Gasteiger partial charge in [0.05, 0.1) is 18.9 Å². The van der Waals surface area contributed by atoms with Crippen molar-refractivity contribution in [3.05, 3.63) is 71.0 Å². The number of carbonyl (C=O) groups excluding carboxylic acids is 1. The quantitative estimate of drug-likeness (QED) is 0.665. The van der Waals surface area contributed by atoms with E-state index in [1.54, 1.807) is 24.3 Å². The second kappa shape index (κ2) is 8.53. The zero-order valence-corrected chi connectivity index (χ0v) is 17.5. The van der Waals surface area contributed by atoms with Crippen molar-refractivity contribution in [1.29, 1.82) is 0 Å². The number of methoxy groups -OCH3 is 1. The van der Waals surface area contributed by atoms with Gasteiger partial charge >= 0.3 is 0 Å². The van der Waals surface area contributed by atoms with E-state index < -0.39 is 5.60 Å². The highest BCUT2D eigenvalue weighted by atomic mass is 32.1. The van der Waals surface area contributed by atoms with Crippen molar-refractivity contribution >= 4 is 17.2 Å². The maximum absolute atomic E-state index is 13.4. The lowest BCUT2D eigenvalue weighted by Gasteiger charge is -2.38. The maximum Gasteiger partial charge on any atom is 0.265 e. The molecule has 4 rings (SSSR count). The molecule has 0 bridgehead atoms. The Morgan fingerprint density at radius 3 is 2.63 bits per heavy atom. The average molecular weight is 427 g/mol. The molecule has 0 unspecified atom stereocenters. The molecule has 1 saturated heterocycles. The van der Waals surface area contributed by atoms with Crippen LogP contribution in [0.15, 0.2) is 54.7 Å². The molecule has 1 aromatic heterocycles. The molecule has 0 spiro atoms. The van der Waals surface area contributed by atoms with E-state index >= 15 is 0 Å². The Bertz CT molecular complexity index is 1030. The molecule has 1 aliphatic heterocycles. The molecule has 2 heterocycles. The Morgan fingerprint density at radius 1 is 1.23 bits per heavy atom. The molecule has 1 N–H and O–H groups in total. The van der Waals surface area contributed by atoms with Crippen LogP contribution < -0.4 is 4.74 Å². The van der Waals surface area contributed by atoms with Crippen molar-refractivity contribution < 1.29 is 19.0 Å². The summed E-state index contributed by atoms with van der Waals surface area (Å²) in [4.78, 5) is 19.6. The lowest BCUT2D eigenvalue weighted by molar-refractivity contribution is -0.0161. The summed E-state index contributed by atoms with van der Waals surface area (Å²) in [6, 6.07) is 13.9. The first-order valence-corrected chi connectivity index (χ1v) is 10.6. The van der Waals surface area contributed by atoms with Gasteiger partial charge in [-0.05, 0) is 54.8 Å². The van der Waals surface area contributed by atoms with Crippen LogP contribution in [0.5, 0.6) is 5.75 Å². The Balaban J connectivity index is 1.39. The first kappa shape index (κ1) is 20.5. The van der Waals surface area contributed by atoms with E-state index in [2.05, 4.69) is 4.98 Å². The normalized spacial score (nSPS) is 15.8. The van der Waals surface area contributed by atoms with Crippen molar-refractivity contribution in [3.63, 3.8) is 0 Å². The number of carbonyl (C=O) groups is 1. The van der Waals surface area contributed by atoms with Crippen molar-refractivity contribution in [2.24, 2.45) is 0 Å². The molecule has 7 heteroatoms. The highest BCUT2D eigenvalue weighted by Crippen LogP contribution is 2.30. The van der Waals surface area contributed by atoms with Gasteiger partial charge in [0.2, 0.25) is 0 Å². The Kier molecular flexibility index (Phi) is 5.83. The third kappa shape index (κ3) is 4.52. The summed E-state index contributed by atoms with van der Waals surface area (Å²) in [5, 5.41) is 11.7. The second-order valence-corrected chi connectivity index (χ2v) is 8.61. The van der Waals surface area contributed by atoms with Gasteiger partial charge in [0.15, 0.2) is 0 Å². The molecule has 30 heavy (non-hydrogen) atoms. The van der Waals surface area contributed by atoms with Gasteiger partial charge in [-0.2, -0.15) is 0 Å². The van der Waals surface area contributed by atoms with Crippen molar-refractivity contribution in [3.8, 4) is 16.3 Å². The minimum absolute atomic E-state index is 0.0694. The number of halogens is 1. The SMILES string of the molecule is COc1ccc(-c2ncc(C(=O)N3CCC(O)(Cc4cccc(F)c4)CC3)s2)cc1. The smallest absolute Gasteiger partial charge is 0.265 e. The van der Waals surface area contributed by atoms with E-state index in [1.165, 1.54) is 23.5 Å². The number of ether oxygens (including phenoxy) is 1. The summed E-state index contributed by atoms with van der Waals surface area (Å²) >= 11 is 1.36. The van der Waals surface area contributed by atoms with Gasteiger partial charge in [-0.25, -0.2) is 9.37 Å². The van der Waals surface area contributed by atoms with Crippen LogP contribution >= 0.6 is 11.3 Å². The highest BCUT2D eigenvalue weighted by molar-refractivity contribution is 7.16. The Hall–Kier alpha value is -2.77. The van der Waals surface area contributed by atoms with Gasteiger partial charge in [-0.15, -0.1) is 11.3 Å². The van der Waals surface area contributed by atoms with Crippen LogP contribution in [0.2, 0.25) is 0 Å². The Labute approximate surface area is 178 Å². The number of piperidine rings is 1. The summed E-state index contributed by atoms with van der Waals surface area (Å²) < 4.78 is 18.6. The van der Waals surface area contributed by atoms with Crippen LogP contribution in [0.25, 0.3) is 10.6 Å². The maximum atomic E-state index is 13.4. The summed E-state index contributed by atoms with van der Waals surface area (Å²) in [5.41, 5.74) is 0.777. The first-order chi connectivity index (χ1) is 14.5.